The molecule has 2 N–H and O–H groups in total. The molecule has 0 bridgehead atoms. The van der Waals surface area contributed by atoms with Crippen molar-refractivity contribution in [3.8, 4) is 0 Å². The second kappa shape index (κ2) is 8.62. The molecule has 0 aliphatic heterocycles. The van der Waals surface area contributed by atoms with Gasteiger partial charge in [0.05, 0.1) is 5.52 Å². The summed E-state index contributed by atoms with van der Waals surface area (Å²) in [6, 6.07) is 10.2. The van der Waals surface area contributed by atoms with E-state index in [1.807, 2.05) is 18.2 Å². The number of aromatic nitrogens is 1. The molecule has 0 spiro atoms. The van der Waals surface area contributed by atoms with Gasteiger partial charge in [0.2, 0.25) is 0 Å². The molecule has 1 aromatic carbocycles. The van der Waals surface area contributed by atoms with Gasteiger partial charge < -0.3 is 10.1 Å². The summed E-state index contributed by atoms with van der Waals surface area (Å²) in [5.41, 5.74) is 0.774. The highest BCUT2D eigenvalue weighted by Gasteiger charge is 2.23. The summed E-state index contributed by atoms with van der Waals surface area (Å²) in [5, 5.41) is 5.91. The molecule has 3 amide bonds. The molecule has 7 nitrogen and oxygen atoms in total. The number of hydrogen-bond acceptors (Lipinski definition) is 5. The zero-order valence-corrected chi connectivity index (χ0v) is 15.2. The number of benzene rings is 1. The van der Waals surface area contributed by atoms with Gasteiger partial charge in [0.15, 0.2) is 6.10 Å². The maximum atomic E-state index is 12.2. The predicted molar refractivity (Wildman–Crippen MR) is 100 cm³/mol. The van der Waals surface area contributed by atoms with Crippen molar-refractivity contribution >= 4 is 28.8 Å². The number of hydrogen-bond donors (Lipinski definition) is 2. The van der Waals surface area contributed by atoms with Crippen molar-refractivity contribution in [2.45, 2.75) is 51.2 Å². The summed E-state index contributed by atoms with van der Waals surface area (Å²) in [6.45, 7) is 1.42. The van der Waals surface area contributed by atoms with Gasteiger partial charge in [-0.05, 0) is 31.9 Å². The highest BCUT2D eigenvalue weighted by Crippen LogP contribution is 2.17. The van der Waals surface area contributed by atoms with Gasteiger partial charge in [-0.15, -0.1) is 0 Å². The summed E-state index contributed by atoms with van der Waals surface area (Å²) in [5.74, 6) is -1.38. The van der Waals surface area contributed by atoms with E-state index >= 15 is 0 Å². The van der Waals surface area contributed by atoms with Gasteiger partial charge in [-0.1, -0.05) is 43.5 Å². The Bertz CT molecular complexity index is 846. The fourth-order valence-corrected chi connectivity index (χ4v) is 3.14. The number of urea groups is 1. The Kier molecular flexibility index (Phi) is 6.01. The summed E-state index contributed by atoms with van der Waals surface area (Å²) in [6.07, 6.45) is 4.05. The van der Waals surface area contributed by atoms with Crippen LogP contribution in [0.3, 0.4) is 0 Å². The number of carbonyl (C=O) groups is 3. The maximum absolute atomic E-state index is 12.2. The number of ether oxygens (including phenoxy) is 1. The monoisotopic (exact) mass is 369 g/mol. The van der Waals surface area contributed by atoms with Crippen molar-refractivity contribution in [2.24, 2.45) is 0 Å². The standard InChI is InChI=1S/C20H23N3O4/c1-13(18(24)23-20(26)21-15-8-3-2-4-9-15)27-19(25)17-12-11-14-7-5-6-10-16(14)22-17/h5-7,10-13,15H,2-4,8-9H2,1H3,(H2,21,23,24,26)/t13-/m1/s1. The number of amides is 3. The van der Waals surface area contributed by atoms with Crippen LogP contribution in [0.5, 0.6) is 0 Å². The Balaban J connectivity index is 1.53. The van der Waals surface area contributed by atoms with Gasteiger partial charge in [0.1, 0.15) is 5.69 Å². The van der Waals surface area contributed by atoms with Gasteiger partial charge in [-0.25, -0.2) is 14.6 Å². The van der Waals surface area contributed by atoms with Crippen molar-refractivity contribution in [2.75, 3.05) is 0 Å². The van der Waals surface area contributed by atoms with Crippen LogP contribution in [0, 0.1) is 0 Å². The number of fused-ring (bicyclic) bond motifs is 1. The van der Waals surface area contributed by atoms with Crippen molar-refractivity contribution in [1.82, 2.24) is 15.6 Å². The third-order valence-corrected chi connectivity index (χ3v) is 4.64. The fraction of sp³-hybridized carbons (Fsp3) is 0.400. The van der Waals surface area contributed by atoms with Crippen LogP contribution in [0.15, 0.2) is 36.4 Å². The van der Waals surface area contributed by atoms with Crippen LogP contribution in [0.1, 0.15) is 49.5 Å². The summed E-state index contributed by atoms with van der Waals surface area (Å²) >= 11 is 0. The molecule has 142 valence electrons. The molecule has 0 radical (unpaired) electrons. The molecule has 1 aliphatic rings. The second-order valence-corrected chi connectivity index (χ2v) is 6.73. The van der Waals surface area contributed by atoms with Crippen molar-refractivity contribution in [1.29, 1.82) is 0 Å². The fourth-order valence-electron chi connectivity index (χ4n) is 3.14. The first-order valence-electron chi connectivity index (χ1n) is 9.21. The van der Waals surface area contributed by atoms with E-state index in [1.165, 1.54) is 13.3 Å². The first-order chi connectivity index (χ1) is 13.0. The topological polar surface area (TPSA) is 97.4 Å². The van der Waals surface area contributed by atoms with Gasteiger partial charge >= 0.3 is 12.0 Å². The van der Waals surface area contributed by atoms with E-state index in [2.05, 4.69) is 15.6 Å². The van der Waals surface area contributed by atoms with Crippen LogP contribution in [0.2, 0.25) is 0 Å². The number of imide groups is 1. The van der Waals surface area contributed by atoms with E-state index in [0.29, 0.717) is 5.52 Å². The van der Waals surface area contributed by atoms with Gasteiger partial charge in [-0.2, -0.15) is 0 Å². The van der Waals surface area contributed by atoms with E-state index in [4.69, 9.17) is 4.74 Å². The average molecular weight is 369 g/mol. The van der Waals surface area contributed by atoms with Crippen LogP contribution >= 0.6 is 0 Å². The molecule has 1 aromatic heterocycles. The van der Waals surface area contributed by atoms with Gasteiger partial charge in [0.25, 0.3) is 5.91 Å². The molecule has 1 aliphatic carbocycles. The molecule has 3 rings (SSSR count). The smallest absolute Gasteiger partial charge is 0.357 e. The largest absolute Gasteiger partial charge is 0.448 e. The van der Waals surface area contributed by atoms with Crippen LogP contribution in [0.4, 0.5) is 4.79 Å². The number of rotatable bonds is 4. The Morgan fingerprint density at radius 3 is 2.59 bits per heavy atom. The number of nitrogens with one attached hydrogen (secondary N) is 2. The van der Waals surface area contributed by atoms with Crippen molar-refractivity contribution in [3.63, 3.8) is 0 Å². The van der Waals surface area contributed by atoms with E-state index in [-0.39, 0.29) is 11.7 Å². The highest BCUT2D eigenvalue weighted by molar-refractivity contribution is 5.98. The predicted octanol–water partition coefficient (Wildman–Crippen LogP) is 2.94. The number of nitrogens with zero attached hydrogens (tertiary/aromatic N) is 1. The molecule has 1 atom stereocenters. The van der Waals surface area contributed by atoms with Gasteiger partial charge in [-0.3, -0.25) is 10.1 Å². The molecular weight excluding hydrogens is 346 g/mol. The number of para-hydroxylation sites is 1. The molecule has 2 aromatic rings. The highest BCUT2D eigenvalue weighted by atomic mass is 16.5. The molecule has 1 heterocycles. The third-order valence-electron chi connectivity index (χ3n) is 4.64. The molecule has 1 fully saturated rings. The minimum atomic E-state index is -1.11. The van der Waals surface area contributed by atoms with Crippen LogP contribution in [-0.2, 0) is 9.53 Å². The lowest BCUT2D eigenvalue weighted by molar-refractivity contribution is -0.127. The quantitative estimate of drug-likeness (QED) is 0.808. The minimum absolute atomic E-state index is 0.0891. The first-order valence-corrected chi connectivity index (χ1v) is 9.21. The summed E-state index contributed by atoms with van der Waals surface area (Å²) < 4.78 is 5.14. The number of pyridine rings is 1. The zero-order chi connectivity index (χ0) is 19.2. The lowest BCUT2D eigenvalue weighted by Crippen LogP contribution is -2.48. The molecular formula is C20H23N3O4. The van der Waals surface area contributed by atoms with Crippen LogP contribution in [-0.4, -0.2) is 35.0 Å². The zero-order valence-electron chi connectivity index (χ0n) is 15.2. The number of carbonyl (C=O) groups excluding carboxylic acids is 3. The van der Waals surface area contributed by atoms with E-state index in [0.717, 1.165) is 31.1 Å². The summed E-state index contributed by atoms with van der Waals surface area (Å²) in [7, 11) is 0. The maximum Gasteiger partial charge on any atom is 0.357 e. The molecule has 0 saturated heterocycles. The number of esters is 1. The Labute approximate surface area is 157 Å². The minimum Gasteiger partial charge on any atom is -0.448 e. The van der Waals surface area contributed by atoms with Crippen molar-refractivity contribution in [3.05, 3.63) is 42.1 Å². The van der Waals surface area contributed by atoms with E-state index in [1.54, 1.807) is 18.2 Å². The Hall–Kier alpha value is -2.96. The lowest BCUT2D eigenvalue weighted by Gasteiger charge is -2.23. The van der Waals surface area contributed by atoms with Crippen molar-refractivity contribution < 1.29 is 19.1 Å². The lowest BCUT2D eigenvalue weighted by atomic mass is 9.96. The Morgan fingerprint density at radius 1 is 1.07 bits per heavy atom. The van der Waals surface area contributed by atoms with Crippen LogP contribution < -0.4 is 10.6 Å². The first kappa shape index (κ1) is 18.8. The molecule has 27 heavy (non-hydrogen) atoms. The van der Waals surface area contributed by atoms with Gasteiger partial charge in [0, 0.05) is 11.4 Å². The van der Waals surface area contributed by atoms with E-state index in [9.17, 15) is 14.4 Å². The van der Waals surface area contributed by atoms with Crippen LogP contribution in [0.25, 0.3) is 10.9 Å². The average Bonchev–Trinajstić information content (AvgIpc) is 2.68. The third kappa shape index (κ3) is 5.03. The summed E-state index contributed by atoms with van der Waals surface area (Å²) in [4.78, 5) is 40.5. The SMILES string of the molecule is C[C@@H](OC(=O)c1ccc2ccccc2n1)C(=O)NC(=O)NC1CCCCC1. The Morgan fingerprint density at radius 2 is 1.81 bits per heavy atom. The normalized spacial score (nSPS) is 15.7. The molecule has 0 unspecified atom stereocenters. The molecule has 7 heteroatoms. The van der Waals surface area contributed by atoms with E-state index < -0.39 is 24.0 Å². The second-order valence-electron chi connectivity index (χ2n) is 6.73. The molecule has 1 saturated carbocycles.